The van der Waals surface area contributed by atoms with Crippen LogP contribution in [0.5, 0.6) is 5.75 Å². The molecule has 0 unspecified atom stereocenters. The van der Waals surface area contributed by atoms with Crippen LogP contribution in [-0.4, -0.2) is 33.9 Å². The first-order valence-electron chi connectivity index (χ1n) is 6.92. The summed E-state index contributed by atoms with van der Waals surface area (Å²) in [6, 6.07) is 10.5. The van der Waals surface area contributed by atoms with Gasteiger partial charge in [-0.15, -0.1) is 0 Å². The Morgan fingerprint density at radius 3 is 2.87 bits per heavy atom. The van der Waals surface area contributed by atoms with Crippen LogP contribution in [0, 0.1) is 5.82 Å². The van der Waals surface area contributed by atoms with Gasteiger partial charge in [0.25, 0.3) is 5.91 Å². The first-order chi connectivity index (χ1) is 11.1. The molecule has 1 amide bonds. The summed E-state index contributed by atoms with van der Waals surface area (Å²) < 4.78 is 18.0. The third-order valence-electron chi connectivity index (χ3n) is 3.23. The van der Waals surface area contributed by atoms with Crippen molar-refractivity contribution in [2.45, 2.75) is 6.10 Å². The van der Waals surface area contributed by atoms with Crippen LogP contribution in [0.25, 0.3) is 10.9 Å². The molecule has 1 heterocycles. The lowest BCUT2D eigenvalue weighted by atomic mass is 10.2. The van der Waals surface area contributed by atoms with Gasteiger partial charge in [-0.25, -0.2) is 4.39 Å². The number of rotatable bonds is 5. The van der Waals surface area contributed by atoms with Crippen LogP contribution in [0.4, 0.5) is 10.1 Å². The van der Waals surface area contributed by atoms with Gasteiger partial charge in [-0.2, -0.15) is 5.10 Å². The van der Waals surface area contributed by atoms with E-state index in [0.717, 1.165) is 10.9 Å². The van der Waals surface area contributed by atoms with Crippen LogP contribution in [0.15, 0.2) is 48.7 Å². The molecule has 0 saturated heterocycles. The van der Waals surface area contributed by atoms with Crippen molar-refractivity contribution < 1.29 is 19.0 Å². The minimum Gasteiger partial charge on any atom is -0.490 e. The quantitative estimate of drug-likeness (QED) is 0.673. The van der Waals surface area contributed by atoms with Crippen molar-refractivity contribution in [1.82, 2.24) is 10.2 Å². The maximum Gasteiger partial charge on any atom is 0.256 e. The van der Waals surface area contributed by atoms with Crippen LogP contribution in [0.3, 0.4) is 0 Å². The molecule has 118 valence electrons. The van der Waals surface area contributed by atoms with Crippen molar-refractivity contribution in [1.29, 1.82) is 0 Å². The van der Waals surface area contributed by atoms with Crippen molar-refractivity contribution in [3.05, 3.63) is 54.5 Å². The summed E-state index contributed by atoms with van der Waals surface area (Å²) >= 11 is 0. The predicted octanol–water partition coefficient (Wildman–Crippen LogP) is 2.08. The zero-order chi connectivity index (χ0) is 16.2. The largest absolute Gasteiger partial charge is 0.490 e. The van der Waals surface area contributed by atoms with Crippen LogP contribution < -0.4 is 10.1 Å². The van der Waals surface area contributed by atoms with Gasteiger partial charge in [0.1, 0.15) is 18.2 Å². The van der Waals surface area contributed by atoms with Crippen molar-refractivity contribution in [2.75, 3.05) is 11.9 Å². The second kappa shape index (κ2) is 6.45. The van der Waals surface area contributed by atoms with Gasteiger partial charge in [-0.05, 0) is 42.5 Å². The van der Waals surface area contributed by atoms with E-state index in [1.165, 1.54) is 24.3 Å². The summed E-state index contributed by atoms with van der Waals surface area (Å²) in [5.41, 5.74) is 1.40. The minimum atomic E-state index is -1.35. The maximum absolute atomic E-state index is 12.8. The summed E-state index contributed by atoms with van der Waals surface area (Å²) in [6.07, 6.45) is 0.291. The van der Waals surface area contributed by atoms with Crippen molar-refractivity contribution in [3.8, 4) is 5.75 Å². The van der Waals surface area contributed by atoms with E-state index < -0.39 is 12.0 Å². The molecular formula is C16H14FN3O3. The van der Waals surface area contributed by atoms with Crippen LogP contribution >= 0.6 is 0 Å². The van der Waals surface area contributed by atoms with Gasteiger partial charge in [-0.1, -0.05) is 0 Å². The SMILES string of the molecule is O=C(Nc1ccc2[nH]ncc2c1)[C@H](O)COc1ccc(F)cc1. The van der Waals surface area contributed by atoms with E-state index >= 15 is 0 Å². The number of nitrogens with zero attached hydrogens (tertiary/aromatic N) is 1. The molecule has 0 bridgehead atoms. The molecule has 0 fully saturated rings. The number of H-pyrrole nitrogens is 1. The Labute approximate surface area is 130 Å². The fourth-order valence-corrected chi connectivity index (χ4v) is 2.03. The summed E-state index contributed by atoms with van der Waals surface area (Å²) in [6.45, 7) is -0.231. The molecule has 3 N–H and O–H groups in total. The van der Waals surface area contributed by atoms with Crippen LogP contribution in [0.2, 0.25) is 0 Å². The Morgan fingerprint density at radius 1 is 1.30 bits per heavy atom. The predicted molar refractivity (Wildman–Crippen MR) is 82.6 cm³/mol. The first kappa shape index (κ1) is 15.0. The average molecular weight is 315 g/mol. The number of ether oxygens (including phenoxy) is 1. The molecule has 0 saturated carbocycles. The second-order valence-electron chi connectivity index (χ2n) is 4.94. The lowest BCUT2D eigenvalue weighted by Gasteiger charge is -2.13. The number of nitrogens with one attached hydrogen (secondary N) is 2. The van der Waals surface area contributed by atoms with E-state index in [1.807, 2.05) is 0 Å². The molecule has 3 aromatic rings. The normalized spacial score (nSPS) is 12.1. The molecule has 2 aromatic carbocycles. The molecular weight excluding hydrogens is 301 g/mol. The highest BCUT2D eigenvalue weighted by Crippen LogP contribution is 2.17. The van der Waals surface area contributed by atoms with Crippen molar-refractivity contribution in [2.24, 2.45) is 0 Å². The molecule has 0 radical (unpaired) electrons. The molecule has 23 heavy (non-hydrogen) atoms. The molecule has 3 rings (SSSR count). The van der Waals surface area contributed by atoms with Gasteiger partial charge >= 0.3 is 0 Å². The van der Waals surface area contributed by atoms with Crippen LogP contribution in [0.1, 0.15) is 0 Å². The standard InChI is InChI=1S/C16H14FN3O3/c17-11-1-4-13(5-2-11)23-9-15(21)16(22)19-12-3-6-14-10(7-12)8-18-20-14/h1-8,15,21H,9H2,(H,18,20)(H,19,22)/t15-/m1/s1. The number of aromatic amines is 1. The monoisotopic (exact) mass is 315 g/mol. The molecule has 1 atom stereocenters. The highest BCUT2D eigenvalue weighted by atomic mass is 19.1. The summed E-state index contributed by atoms with van der Waals surface area (Å²) in [4.78, 5) is 11.9. The van der Waals surface area contributed by atoms with Gasteiger partial charge < -0.3 is 15.2 Å². The molecule has 7 heteroatoms. The number of hydrogen-bond acceptors (Lipinski definition) is 4. The van der Waals surface area contributed by atoms with Gasteiger partial charge in [0, 0.05) is 11.1 Å². The number of anilines is 1. The van der Waals surface area contributed by atoms with E-state index in [1.54, 1.807) is 24.4 Å². The molecule has 6 nitrogen and oxygen atoms in total. The van der Waals surface area contributed by atoms with E-state index in [-0.39, 0.29) is 12.4 Å². The molecule has 0 aliphatic heterocycles. The summed E-state index contributed by atoms with van der Waals surface area (Å²) in [5.74, 6) is -0.599. The molecule has 0 aliphatic carbocycles. The number of hydrogen-bond donors (Lipinski definition) is 3. The van der Waals surface area contributed by atoms with Gasteiger partial charge in [0.2, 0.25) is 0 Å². The van der Waals surface area contributed by atoms with Crippen LogP contribution in [-0.2, 0) is 4.79 Å². The third-order valence-corrected chi connectivity index (χ3v) is 3.23. The van der Waals surface area contributed by atoms with Gasteiger partial charge in [0.05, 0.1) is 11.7 Å². The molecule has 0 aliphatic rings. The average Bonchev–Trinajstić information content (AvgIpc) is 3.01. The number of carbonyl (C=O) groups excluding carboxylic acids is 1. The fourth-order valence-electron chi connectivity index (χ4n) is 2.03. The Kier molecular flexibility index (Phi) is 4.20. The first-order valence-corrected chi connectivity index (χ1v) is 6.92. The number of amides is 1. The number of aromatic nitrogens is 2. The van der Waals surface area contributed by atoms with E-state index in [0.29, 0.717) is 11.4 Å². The number of aliphatic hydroxyl groups is 1. The zero-order valence-electron chi connectivity index (χ0n) is 12.0. The van der Waals surface area contributed by atoms with Gasteiger partial charge in [-0.3, -0.25) is 9.89 Å². The zero-order valence-corrected chi connectivity index (χ0v) is 12.0. The number of fused-ring (bicyclic) bond motifs is 1. The fraction of sp³-hybridized carbons (Fsp3) is 0.125. The summed E-state index contributed by atoms with van der Waals surface area (Å²) in [5, 5.41) is 20.0. The van der Waals surface area contributed by atoms with Gasteiger partial charge in [0.15, 0.2) is 6.10 Å². The second-order valence-corrected chi connectivity index (χ2v) is 4.94. The smallest absolute Gasteiger partial charge is 0.256 e. The Hall–Kier alpha value is -2.93. The number of aliphatic hydroxyl groups excluding tert-OH is 1. The topological polar surface area (TPSA) is 87.2 Å². The highest BCUT2D eigenvalue weighted by Gasteiger charge is 2.16. The summed E-state index contributed by atoms with van der Waals surface area (Å²) in [7, 11) is 0. The van der Waals surface area contributed by atoms with Crippen molar-refractivity contribution >= 4 is 22.5 Å². The van der Waals surface area contributed by atoms with Crippen molar-refractivity contribution in [3.63, 3.8) is 0 Å². The number of carbonyl (C=O) groups is 1. The number of benzene rings is 2. The minimum absolute atomic E-state index is 0.231. The molecule has 0 spiro atoms. The Bertz CT molecular complexity index is 817. The van der Waals surface area contributed by atoms with E-state index in [2.05, 4.69) is 15.5 Å². The lowest BCUT2D eigenvalue weighted by molar-refractivity contribution is -0.125. The Balaban J connectivity index is 1.57. The lowest BCUT2D eigenvalue weighted by Crippen LogP contribution is -2.32. The molecule has 1 aromatic heterocycles. The van der Waals surface area contributed by atoms with E-state index in [9.17, 15) is 14.3 Å². The highest BCUT2D eigenvalue weighted by molar-refractivity contribution is 5.96. The Morgan fingerprint density at radius 2 is 2.09 bits per heavy atom. The third kappa shape index (κ3) is 3.64. The number of halogens is 1. The maximum atomic E-state index is 12.8. The van der Waals surface area contributed by atoms with E-state index in [4.69, 9.17) is 4.74 Å².